The van der Waals surface area contributed by atoms with Gasteiger partial charge in [0.25, 0.3) is 0 Å². The number of aliphatic hydroxyl groups is 1. The Morgan fingerprint density at radius 2 is 2.17 bits per heavy atom. The number of anilines is 1. The van der Waals surface area contributed by atoms with Gasteiger partial charge in [0.05, 0.1) is 18.7 Å². The van der Waals surface area contributed by atoms with E-state index in [1.54, 1.807) is 14.0 Å². The number of pyridine rings is 1. The van der Waals surface area contributed by atoms with E-state index in [1.807, 2.05) is 31.2 Å². The molecule has 0 aliphatic carbocycles. The molecule has 0 radical (unpaired) electrons. The van der Waals surface area contributed by atoms with Crippen molar-refractivity contribution in [2.45, 2.75) is 20.0 Å². The molecule has 1 heterocycles. The van der Waals surface area contributed by atoms with Crippen molar-refractivity contribution in [2.75, 3.05) is 19.0 Å². The lowest BCUT2D eigenvalue weighted by molar-refractivity contribution is 0.208. The molecule has 0 saturated heterocycles. The standard InChI is InChI=1S/C14H18N2O2/c1-9-6-14(15-8-10(2)17)12-7-11(18-3)4-5-13(12)16-9/h4-7,10,17H,8H2,1-3H3,(H,15,16). The zero-order valence-electron chi connectivity index (χ0n) is 10.9. The molecule has 4 nitrogen and oxygen atoms in total. The molecule has 2 N–H and O–H groups in total. The number of hydrogen-bond donors (Lipinski definition) is 2. The summed E-state index contributed by atoms with van der Waals surface area (Å²) >= 11 is 0. The Hall–Kier alpha value is -1.81. The van der Waals surface area contributed by atoms with Crippen LogP contribution in [0.2, 0.25) is 0 Å². The molecule has 1 aromatic heterocycles. The Kier molecular flexibility index (Phi) is 3.67. The molecule has 0 spiro atoms. The van der Waals surface area contributed by atoms with Gasteiger partial charge in [-0.05, 0) is 38.1 Å². The molecule has 2 aromatic rings. The monoisotopic (exact) mass is 246 g/mol. The van der Waals surface area contributed by atoms with Crippen LogP contribution in [0.25, 0.3) is 10.9 Å². The summed E-state index contributed by atoms with van der Waals surface area (Å²) in [6.45, 7) is 4.22. The summed E-state index contributed by atoms with van der Waals surface area (Å²) in [6, 6.07) is 7.76. The fraction of sp³-hybridized carbons (Fsp3) is 0.357. The summed E-state index contributed by atoms with van der Waals surface area (Å²) < 4.78 is 5.23. The van der Waals surface area contributed by atoms with Crippen LogP contribution in [0.1, 0.15) is 12.6 Å². The molecule has 1 atom stereocenters. The number of aromatic nitrogens is 1. The van der Waals surface area contributed by atoms with E-state index in [-0.39, 0.29) is 6.10 Å². The SMILES string of the molecule is COc1ccc2nc(C)cc(NCC(C)O)c2c1. The second kappa shape index (κ2) is 5.23. The van der Waals surface area contributed by atoms with Crippen LogP contribution in [-0.2, 0) is 0 Å². The van der Waals surface area contributed by atoms with Crippen molar-refractivity contribution < 1.29 is 9.84 Å². The second-order valence-electron chi connectivity index (χ2n) is 4.42. The lowest BCUT2D eigenvalue weighted by atomic mass is 10.1. The molecule has 18 heavy (non-hydrogen) atoms. The summed E-state index contributed by atoms with van der Waals surface area (Å²) in [5, 5.41) is 13.6. The zero-order chi connectivity index (χ0) is 13.1. The van der Waals surface area contributed by atoms with E-state index in [0.29, 0.717) is 6.54 Å². The van der Waals surface area contributed by atoms with Crippen molar-refractivity contribution >= 4 is 16.6 Å². The van der Waals surface area contributed by atoms with Crippen LogP contribution in [-0.4, -0.2) is 29.8 Å². The van der Waals surface area contributed by atoms with Crippen molar-refractivity contribution in [3.05, 3.63) is 30.0 Å². The minimum Gasteiger partial charge on any atom is -0.497 e. The van der Waals surface area contributed by atoms with Gasteiger partial charge in [0, 0.05) is 23.3 Å². The first-order valence-corrected chi connectivity index (χ1v) is 5.97. The van der Waals surface area contributed by atoms with Gasteiger partial charge in [-0.1, -0.05) is 0 Å². The maximum absolute atomic E-state index is 9.35. The topological polar surface area (TPSA) is 54.4 Å². The van der Waals surface area contributed by atoms with E-state index < -0.39 is 0 Å². The third kappa shape index (κ3) is 2.71. The van der Waals surface area contributed by atoms with Gasteiger partial charge >= 0.3 is 0 Å². The Balaban J connectivity index is 2.47. The quantitative estimate of drug-likeness (QED) is 0.869. The summed E-state index contributed by atoms with van der Waals surface area (Å²) in [6.07, 6.45) is -0.390. The van der Waals surface area contributed by atoms with Crippen LogP contribution >= 0.6 is 0 Å². The number of aliphatic hydroxyl groups excluding tert-OH is 1. The van der Waals surface area contributed by atoms with Gasteiger partial charge in [-0.3, -0.25) is 4.98 Å². The van der Waals surface area contributed by atoms with Crippen LogP contribution in [0.4, 0.5) is 5.69 Å². The van der Waals surface area contributed by atoms with Crippen LogP contribution in [0, 0.1) is 6.92 Å². The first-order chi connectivity index (χ1) is 8.60. The summed E-state index contributed by atoms with van der Waals surface area (Å²) in [4.78, 5) is 4.48. The number of ether oxygens (including phenoxy) is 1. The van der Waals surface area contributed by atoms with Crippen molar-refractivity contribution in [3.63, 3.8) is 0 Å². The highest BCUT2D eigenvalue weighted by Crippen LogP contribution is 2.27. The van der Waals surface area contributed by atoms with Gasteiger partial charge in [0.15, 0.2) is 0 Å². The molecular formula is C14H18N2O2. The predicted octanol–water partition coefficient (Wildman–Crippen LogP) is 2.34. The molecule has 0 aliphatic heterocycles. The van der Waals surface area contributed by atoms with Crippen LogP contribution < -0.4 is 10.1 Å². The third-order valence-corrected chi connectivity index (χ3v) is 2.73. The molecule has 0 saturated carbocycles. The van der Waals surface area contributed by atoms with Crippen LogP contribution in [0.5, 0.6) is 5.75 Å². The molecule has 0 bridgehead atoms. The Labute approximate surface area is 107 Å². The van der Waals surface area contributed by atoms with E-state index in [1.165, 1.54) is 0 Å². The fourth-order valence-electron chi connectivity index (χ4n) is 1.87. The zero-order valence-corrected chi connectivity index (χ0v) is 10.9. The number of benzene rings is 1. The number of methoxy groups -OCH3 is 1. The summed E-state index contributed by atoms with van der Waals surface area (Å²) in [5.74, 6) is 0.799. The highest BCUT2D eigenvalue weighted by molar-refractivity contribution is 5.92. The maximum atomic E-state index is 9.35. The van der Waals surface area contributed by atoms with E-state index in [2.05, 4.69) is 10.3 Å². The highest BCUT2D eigenvalue weighted by atomic mass is 16.5. The Morgan fingerprint density at radius 3 is 2.83 bits per heavy atom. The number of fused-ring (bicyclic) bond motifs is 1. The van der Waals surface area contributed by atoms with Gasteiger partial charge in [0.2, 0.25) is 0 Å². The van der Waals surface area contributed by atoms with E-state index in [0.717, 1.165) is 28.0 Å². The molecule has 2 rings (SSSR count). The largest absolute Gasteiger partial charge is 0.497 e. The molecule has 1 aromatic carbocycles. The average Bonchev–Trinajstić information content (AvgIpc) is 2.35. The van der Waals surface area contributed by atoms with E-state index >= 15 is 0 Å². The number of nitrogens with zero attached hydrogens (tertiary/aromatic N) is 1. The lowest BCUT2D eigenvalue weighted by Gasteiger charge is -2.12. The number of rotatable bonds is 4. The normalized spacial score (nSPS) is 12.4. The summed E-state index contributed by atoms with van der Waals surface area (Å²) in [5.41, 5.74) is 2.84. The average molecular weight is 246 g/mol. The predicted molar refractivity (Wildman–Crippen MR) is 73.2 cm³/mol. The molecule has 4 heteroatoms. The first-order valence-electron chi connectivity index (χ1n) is 5.97. The van der Waals surface area contributed by atoms with E-state index in [4.69, 9.17) is 4.74 Å². The van der Waals surface area contributed by atoms with Crippen molar-refractivity contribution in [1.29, 1.82) is 0 Å². The van der Waals surface area contributed by atoms with Crippen LogP contribution in [0.15, 0.2) is 24.3 Å². The number of hydrogen-bond acceptors (Lipinski definition) is 4. The third-order valence-electron chi connectivity index (χ3n) is 2.73. The number of nitrogens with one attached hydrogen (secondary N) is 1. The van der Waals surface area contributed by atoms with Crippen molar-refractivity contribution in [1.82, 2.24) is 4.98 Å². The number of aryl methyl sites for hydroxylation is 1. The molecule has 0 aliphatic rings. The minimum absolute atomic E-state index is 0.390. The molecule has 0 amide bonds. The summed E-state index contributed by atoms with van der Waals surface area (Å²) in [7, 11) is 1.64. The van der Waals surface area contributed by atoms with Crippen molar-refractivity contribution in [3.8, 4) is 5.75 Å². The van der Waals surface area contributed by atoms with Gasteiger partial charge in [-0.15, -0.1) is 0 Å². The van der Waals surface area contributed by atoms with Gasteiger partial charge in [-0.25, -0.2) is 0 Å². The van der Waals surface area contributed by atoms with Gasteiger partial charge < -0.3 is 15.2 Å². The first kappa shape index (κ1) is 12.6. The highest BCUT2D eigenvalue weighted by Gasteiger charge is 2.06. The molecule has 1 unspecified atom stereocenters. The Bertz CT molecular complexity index is 553. The Morgan fingerprint density at radius 1 is 1.39 bits per heavy atom. The molecular weight excluding hydrogens is 228 g/mol. The lowest BCUT2D eigenvalue weighted by Crippen LogP contribution is -2.15. The van der Waals surface area contributed by atoms with Gasteiger partial charge in [-0.2, -0.15) is 0 Å². The van der Waals surface area contributed by atoms with E-state index in [9.17, 15) is 5.11 Å². The fourth-order valence-corrected chi connectivity index (χ4v) is 1.87. The molecule has 96 valence electrons. The second-order valence-corrected chi connectivity index (χ2v) is 4.42. The van der Waals surface area contributed by atoms with Crippen molar-refractivity contribution in [2.24, 2.45) is 0 Å². The maximum Gasteiger partial charge on any atom is 0.119 e. The van der Waals surface area contributed by atoms with Crippen LogP contribution in [0.3, 0.4) is 0 Å². The van der Waals surface area contributed by atoms with Gasteiger partial charge in [0.1, 0.15) is 5.75 Å². The molecule has 0 fully saturated rings. The minimum atomic E-state index is -0.390. The smallest absolute Gasteiger partial charge is 0.119 e.